The summed E-state index contributed by atoms with van der Waals surface area (Å²) in [5.74, 6) is -0.00691. The highest BCUT2D eigenvalue weighted by Crippen LogP contribution is 2.30. The third-order valence-corrected chi connectivity index (χ3v) is 4.26. The average molecular weight is 311 g/mol. The maximum absolute atomic E-state index is 11.9. The van der Waals surface area contributed by atoms with Crippen LogP contribution in [0.3, 0.4) is 0 Å². The number of urea groups is 1. The van der Waals surface area contributed by atoms with Gasteiger partial charge in [-0.05, 0) is 36.5 Å². The maximum Gasteiger partial charge on any atom is 0.337 e. The van der Waals surface area contributed by atoms with Crippen molar-refractivity contribution in [3.63, 3.8) is 0 Å². The molecule has 0 radical (unpaired) electrons. The summed E-state index contributed by atoms with van der Waals surface area (Å²) in [5.41, 5.74) is 0.218. The van der Waals surface area contributed by atoms with E-state index in [1.54, 1.807) is 6.07 Å². The van der Waals surface area contributed by atoms with Gasteiger partial charge in [0.05, 0.1) is 11.3 Å². The predicted molar refractivity (Wildman–Crippen MR) is 81.9 cm³/mol. The molecule has 0 spiro atoms. The molecule has 0 aromatic heterocycles. The quantitative estimate of drug-likeness (QED) is 0.795. The van der Waals surface area contributed by atoms with Crippen LogP contribution in [0.15, 0.2) is 18.2 Å². The topological polar surface area (TPSA) is 78.4 Å². The number of carboxylic acid groups (broad SMARTS) is 1. The minimum Gasteiger partial charge on any atom is -0.478 e. The number of rotatable bonds is 4. The number of carbonyl (C=O) groups is 2. The standard InChI is InChI=1S/C15H19ClN2O3/c1-9-3-2-4-10(9)8-17-15(21)18-13-6-5-11(16)7-12(13)14(19)20/h5-7,9-10H,2-4,8H2,1H3,(H,19,20)(H2,17,18,21). The Labute approximate surface area is 128 Å². The SMILES string of the molecule is CC1CCCC1CNC(=O)Nc1ccc(Cl)cc1C(=O)O. The normalized spacial score (nSPS) is 21.0. The molecule has 2 rings (SSSR count). The number of nitrogens with one attached hydrogen (secondary N) is 2. The Kier molecular flexibility index (Phi) is 5.07. The maximum atomic E-state index is 11.9. The van der Waals surface area contributed by atoms with E-state index in [2.05, 4.69) is 17.6 Å². The van der Waals surface area contributed by atoms with Gasteiger partial charge in [-0.15, -0.1) is 0 Å². The number of carbonyl (C=O) groups excluding carboxylic acids is 1. The highest BCUT2D eigenvalue weighted by atomic mass is 35.5. The molecule has 6 heteroatoms. The lowest BCUT2D eigenvalue weighted by Crippen LogP contribution is -2.34. The summed E-state index contributed by atoms with van der Waals surface area (Å²) in [4.78, 5) is 23.0. The number of anilines is 1. The van der Waals surface area contributed by atoms with E-state index in [0.29, 0.717) is 23.4 Å². The zero-order valence-corrected chi connectivity index (χ0v) is 12.6. The van der Waals surface area contributed by atoms with Gasteiger partial charge in [-0.2, -0.15) is 0 Å². The second kappa shape index (κ2) is 6.80. The number of halogens is 1. The van der Waals surface area contributed by atoms with Gasteiger partial charge < -0.3 is 15.7 Å². The van der Waals surface area contributed by atoms with Gasteiger partial charge in [-0.25, -0.2) is 9.59 Å². The molecule has 2 atom stereocenters. The van der Waals surface area contributed by atoms with Gasteiger partial charge in [0.1, 0.15) is 0 Å². The molecule has 0 heterocycles. The Morgan fingerprint density at radius 3 is 2.76 bits per heavy atom. The summed E-state index contributed by atoms with van der Waals surface area (Å²) in [7, 11) is 0. The summed E-state index contributed by atoms with van der Waals surface area (Å²) in [6.45, 7) is 2.81. The van der Waals surface area contributed by atoms with E-state index in [0.717, 1.165) is 6.42 Å². The van der Waals surface area contributed by atoms with Crippen molar-refractivity contribution < 1.29 is 14.7 Å². The average Bonchev–Trinajstić information content (AvgIpc) is 2.84. The summed E-state index contributed by atoms with van der Waals surface area (Å²) in [6, 6.07) is 3.96. The van der Waals surface area contributed by atoms with Crippen molar-refractivity contribution in [2.75, 3.05) is 11.9 Å². The lowest BCUT2D eigenvalue weighted by Gasteiger charge is -2.16. The molecule has 1 saturated carbocycles. The zero-order chi connectivity index (χ0) is 15.4. The predicted octanol–water partition coefficient (Wildman–Crippen LogP) is 3.60. The van der Waals surface area contributed by atoms with Crippen molar-refractivity contribution in [3.05, 3.63) is 28.8 Å². The Bertz CT molecular complexity index is 548. The molecule has 2 unspecified atom stereocenters. The number of aromatic carboxylic acids is 1. The number of amides is 2. The highest BCUT2D eigenvalue weighted by molar-refractivity contribution is 6.31. The molecule has 0 bridgehead atoms. The van der Waals surface area contributed by atoms with Gasteiger partial charge in [0.25, 0.3) is 0 Å². The van der Waals surface area contributed by atoms with Gasteiger partial charge >= 0.3 is 12.0 Å². The van der Waals surface area contributed by atoms with Crippen LogP contribution in [0.25, 0.3) is 0 Å². The van der Waals surface area contributed by atoms with E-state index in [1.165, 1.54) is 25.0 Å². The minimum atomic E-state index is -1.13. The van der Waals surface area contributed by atoms with Gasteiger partial charge in [-0.3, -0.25) is 0 Å². The first kappa shape index (κ1) is 15.6. The largest absolute Gasteiger partial charge is 0.478 e. The van der Waals surface area contributed by atoms with Crippen molar-refractivity contribution >= 4 is 29.3 Å². The molecule has 114 valence electrons. The van der Waals surface area contributed by atoms with Crippen molar-refractivity contribution in [2.45, 2.75) is 26.2 Å². The van der Waals surface area contributed by atoms with E-state index in [1.807, 2.05) is 0 Å². The molecule has 3 N–H and O–H groups in total. The molecule has 1 fully saturated rings. The van der Waals surface area contributed by atoms with Gasteiger partial charge in [0.2, 0.25) is 0 Å². The Hall–Kier alpha value is -1.75. The molecule has 0 saturated heterocycles. The summed E-state index contributed by atoms with van der Waals surface area (Å²) in [5, 5.41) is 14.8. The van der Waals surface area contributed by atoms with E-state index in [-0.39, 0.29) is 17.3 Å². The van der Waals surface area contributed by atoms with Crippen molar-refractivity contribution in [1.29, 1.82) is 0 Å². The first-order chi connectivity index (χ1) is 9.97. The molecular weight excluding hydrogens is 292 g/mol. The van der Waals surface area contributed by atoms with Crippen LogP contribution in [0, 0.1) is 11.8 Å². The highest BCUT2D eigenvalue weighted by Gasteiger charge is 2.23. The number of hydrogen-bond acceptors (Lipinski definition) is 2. The Balaban J connectivity index is 1.95. The third kappa shape index (κ3) is 4.11. The lowest BCUT2D eigenvalue weighted by atomic mass is 9.98. The Morgan fingerprint density at radius 2 is 2.14 bits per heavy atom. The second-order valence-electron chi connectivity index (χ2n) is 5.50. The van der Waals surface area contributed by atoms with Crippen LogP contribution in [0.2, 0.25) is 5.02 Å². The fraction of sp³-hybridized carbons (Fsp3) is 0.467. The van der Waals surface area contributed by atoms with Crippen molar-refractivity contribution in [2.24, 2.45) is 11.8 Å². The molecule has 5 nitrogen and oxygen atoms in total. The van der Waals surface area contributed by atoms with E-state index >= 15 is 0 Å². The van der Waals surface area contributed by atoms with E-state index in [4.69, 9.17) is 16.7 Å². The first-order valence-electron chi connectivity index (χ1n) is 7.05. The van der Waals surface area contributed by atoms with Gasteiger partial charge in [0.15, 0.2) is 0 Å². The molecule has 1 aromatic carbocycles. The van der Waals surface area contributed by atoms with Gasteiger partial charge in [-0.1, -0.05) is 31.4 Å². The molecular formula is C15H19ClN2O3. The monoisotopic (exact) mass is 310 g/mol. The molecule has 1 aliphatic carbocycles. The molecule has 2 amide bonds. The molecule has 21 heavy (non-hydrogen) atoms. The summed E-state index contributed by atoms with van der Waals surface area (Å²) < 4.78 is 0. The van der Waals surface area contributed by atoms with Crippen LogP contribution in [0.5, 0.6) is 0 Å². The Morgan fingerprint density at radius 1 is 1.38 bits per heavy atom. The molecule has 0 aliphatic heterocycles. The zero-order valence-electron chi connectivity index (χ0n) is 11.9. The van der Waals surface area contributed by atoms with E-state index < -0.39 is 5.97 Å². The third-order valence-electron chi connectivity index (χ3n) is 4.02. The van der Waals surface area contributed by atoms with Crippen LogP contribution in [-0.4, -0.2) is 23.7 Å². The fourth-order valence-corrected chi connectivity index (χ4v) is 2.89. The van der Waals surface area contributed by atoms with Gasteiger partial charge in [0, 0.05) is 11.6 Å². The van der Waals surface area contributed by atoms with Crippen molar-refractivity contribution in [3.8, 4) is 0 Å². The molecule has 1 aromatic rings. The van der Waals surface area contributed by atoms with Crippen LogP contribution in [0.1, 0.15) is 36.5 Å². The molecule has 1 aliphatic rings. The number of benzene rings is 1. The number of hydrogen-bond donors (Lipinski definition) is 3. The smallest absolute Gasteiger partial charge is 0.337 e. The summed E-state index contributed by atoms with van der Waals surface area (Å²) >= 11 is 5.77. The van der Waals surface area contributed by atoms with Crippen LogP contribution >= 0.6 is 11.6 Å². The fourth-order valence-electron chi connectivity index (χ4n) is 2.72. The minimum absolute atomic E-state index is 0.0214. The van der Waals surface area contributed by atoms with E-state index in [9.17, 15) is 9.59 Å². The number of carboxylic acids is 1. The second-order valence-corrected chi connectivity index (χ2v) is 5.93. The lowest BCUT2D eigenvalue weighted by molar-refractivity contribution is 0.0698. The van der Waals surface area contributed by atoms with Crippen LogP contribution in [0.4, 0.5) is 10.5 Å². The summed E-state index contributed by atoms with van der Waals surface area (Å²) in [6.07, 6.45) is 3.53. The van der Waals surface area contributed by atoms with Crippen LogP contribution in [-0.2, 0) is 0 Å². The van der Waals surface area contributed by atoms with Crippen molar-refractivity contribution in [1.82, 2.24) is 5.32 Å². The van der Waals surface area contributed by atoms with Crippen LogP contribution < -0.4 is 10.6 Å². The first-order valence-corrected chi connectivity index (χ1v) is 7.43.